The molecule has 0 saturated carbocycles. The van der Waals surface area contributed by atoms with Crippen LogP contribution in [0, 0.1) is 13.1 Å². The molecule has 0 amide bonds. The quantitative estimate of drug-likeness (QED) is 0.142. The zero-order valence-electron chi connectivity index (χ0n) is 42.5. The van der Waals surface area contributed by atoms with Crippen molar-refractivity contribution in [3.05, 3.63) is 284 Å². The largest absolute Gasteiger partial charge is 0.329 e. The lowest BCUT2D eigenvalue weighted by atomic mass is 9.98. The van der Waals surface area contributed by atoms with E-state index in [2.05, 4.69) is 224 Å². The molecule has 0 spiro atoms. The Morgan fingerprint density at radius 3 is 1.03 bits per heavy atom. The maximum absolute atomic E-state index is 8.73. The summed E-state index contributed by atoms with van der Waals surface area (Å²) in [6.07, 6.45) is 0. The summed E-state index contributed by atoms with van der Waals surface area (Å²) in [5.74, 6) is 0.678. The molecule has 0 radical (unpaired) electrons. The molecule has 11 aromatic carbocycles. The van der Waals surface area contributed by atoms with Crippen LogP contribution in [0.25, 0.3) is 148 Å². The highest BCUT2D eigenvalue weighted by Gasteiger charge is 2.23. The molecular formula is C72H43N7. The van der Waals surface area contributed by atoms with Crippen molar-refractivity contribution in [3.63, 3.8) is 0 Å². The zero-order valence-corrected chi connectivity index (χ0v) is 42.5. The number of rotatable bonds is 8. The fourth-order valence-corrected chi connectivity index (χ4v) is 11.8. The van der Waals surface area contributed by atoms with Crippen LogP contribution in [0.1, 0.15) is 0 Å². The molecule has 7 nitrogen and oxygen atoms in total. The third-order valence-corrected chi connectivity index (χ3v) is 15.5. The van der Waals surface area contributed by atoms with Gasteiger partial charge in [0, 0.05) is 60.4 Å². The Hall–Kier alpha value is -11.1. The second-order valence-electron chi connectivity index (χ2n) is 19.9. The molecule has 7 heteroatoms. The van der Waals surface area contributed by atoms with Crippen molar-refractivity contribution in [1.82, 2.24) is 23.7 Å². The van der Waals surface area contributed by atoms with Crippen molar-refractivity contribution in [2.24, 2.45) is 0 Å². The molecule has 79 heavy (non-hydrogen) atoms. The minimum Gasteiger partial charge on any atom is -0.329 e. The lowest BCUT2D eigenvalue weighted by Gasteiger charge is -2.16. The van der Waals surface area contributed by atoms with Gasteiger partial charge in [-0.25, -0.2) is 19.7 Å². The summed E-state index contributed by atoms with van der Waals surface area (Å²) in [5, 5.41) is 6.80. The smallest absolute Gasteiger partial charge is 0.200 e. The van der Waals surface area contributed by atoms with E-state index in [1.54, 1.807) is 0 Å². The van der Waals surface area contributed by atoms with Gasteiger partial charge < -0.3 is 13.7 Å². The first-order valence-corrected chi connectivity index (χ1v) is 26.3. The van der Waals surface area contributed by atoms with Crippen molar-refractivity contribution in [1.29, 1.82) is 0 Å². The molecule has 0 aliphatic rings. The van der Waals surface area contributed by atoms with Gasteiger partial charge in [0.05, 0.1) is 63.3 Å². The van der Waals surface area contributed by atoms with E-state index < -0.39 is 0 Å². The summed E-state index contributed by atoms with van der Waals surface area (Å²) in [6.45, 7) is 17.5. The van der Waals surface area contributed by atoms with E-state index in [-0.39, 0.29) is 0 Å². The Morgan fingerprint density at radius 1 is 0.266 bits per heavy atom. The van der Waals surface area contributed by atoms with Gasteiger partial charge in [0.1, 0.15) is 0 Å². The summed E-state index contributed by atoms with van der Waals surface area (Å²) in [5.41, 5.74) is 18.2. The second-order valence-corrected chi connectivity index (χ2v) is 19.9. The molecule has 0 saturated heterocycles. The first-order chi connectivity index (χ1) is 39.1. The lowest BCUT2D eigenvalue weighted by Crippen LogP contribution is -1.97. The number of nitrogens with zero attached hydrogens (tertiary/aromatic N) is 7. The Morgan fingerprint density at radius 2 is 0.608 bits per heavy atom. The monoisotopic (exact) mass is 1010 g/mol. The van der Waals surface area contributed by atoms with Crippen molar-refractivity contribution < 1.29 is 0 Å². The molecule has 4 aromatic heterocycles. The molecule has 15 aromatic rings. The SMILES string of the molecule is [C-]#[N+]c1cc(-c2ccc(-c3ccc(-c4cc(-c5ccccc5)nc(-c5ccccc5)n4)cc3)cc2)cc([N+]#[C-])c1-n1c2ccc(-n3c4ccccc4c4ccccc43)cc2c2cc(-n3c4ccccc4c4ccccc43)ccc21. The van der Waals surface area contributed by atoms with Crippen LogP contribution in [-0.2, 0) is 0 Å². The fraction of sp³-hybridized carbons (Fsp3) is 0. The highest BCUT2D eigenvalue weighted by Crippen LogP contribution is 2.45. The van der Waals surface area contributed by atoms with Crippen molar-refractivity contribution >= 4 is 76.8 Å². The first-order valence-electron chi connectivity index (χ1n) is 26.3. The van der Waals surface area contributed by atoms with Crippen molar-refractivity contribution in [2.75, 3.05) is 0 Å². The van der Waals surface area contributed by atoms with Crippen LogP contribution in [0.15, 0.2) is 261 Å². The number of para-hydroxylation sites is 4. The van der Waals surface area contributed by atoms with E-state index in [0.29, 0.717) is 22.9 Å². The van der Waals surface area contributed by atoms with Gasteiger partial charge in [-0.1, -0.05) is 182 Å². The second kappa shape index (κ2) is 18.3. The van der Waals surface area contributed by atoms with E-state index in [1.165, 1.54) is 21.5 Å². The summed E-state index contributed by atoms with van der Waals surface area (Å²) in [6, 6.07) is 90.6. The maximum Gasteiger partial charge on any atom is 0.200 e. The number of aromatic nitrogens is 5. The van der Waals surface area contributed by atoms with E-state index in [4.69, 9.17) is 23.1 Å². The van der Waals surface area contributed by atoms with E-state index >= 15 is 0 Å². The standard InChI is InChI=1S/C72H43N7/c1-73-63-41-52(48-31-29-46(30-32-48)47-33-35-50(36-34-47)62-45-61(49-17-5-3-6-18-49)75-72(76-62)51-19-7-4-8-20-51)42-64(74-2)71(63)79-69-39-37-53(77-65-25-13-9-21-55(65)56-22-10-14-26-66(56)77)43-59(69)60-44-54(38-40-70(60)79)78-67-27-15-11-23-57(67)58-24-12-16-28-68(58)78/h3-45H. The third kappa shape index (κ3) is 7.41. The normalized spacial score (nSPS) is 11.5. The van der Waals surface area contributed by atoms with Gasteiger partial charge in [-0.15, -0.1) is 0 Å². The van der Waals surface area contributed by atoms with Crippen LogP contribution < -0.4 is 0 Å². The first kappa shape index (κ1) is 45.3. The summed E-state index contributed by atoms with van der Waals surface area (Å²) >= 11 is 0. The van der Waals surface area contributed by atoms with Crippen LogP contribution in [0.2, 0.25) is 0 Å². The number of hydrogen-bond donors (Lipinski definition) is 0. The highest BCUT2D eigenvalue weighted by atomic mass is 15.0. The van der Waals surface area contributed by atoms with Gasteiger partial charge in [0.25, 0.3) is 0 Å². The van der Waals surface area contributed by atoms with Gasteiger partial charge in [-0.2, -0.15) is 0 Å². The fourth-order valence-electron chi connectivity index (χ4n) is 11.8. The minimum atomic E-state index is 0.399. The summed E-state index contributed by atoms with van der Waals surface area (Å²) in [7, 11) is 0. The van der Waals surface area contributed by atoms with E-state index in [9.17, 15) is 0 Å². The Bertz CT molecular complexity index is 4640. The predicted molar refractivity (Wildman–Crippen MR) is 325 cm³/mol. The topological polar surface area (TPSA) is 49.3 Å². The lowest BCUT2D eigenvalue weighted by molar-refractivity contribution is 1.17. The third-order valence-electron chi connectivity index (χ3n) is 15.5. The zero-order chi connectivity index (χ0) is 52.6. The van der Waals surface area contributed by atoms with Gasteiger partial charge in [0.15, 0.2) is 5.82 Å². The molecule has 4 heterocycles. The highest BCUT2D eigenvalue weighted by molar-refractivity contribution is 6.15. The average molecular weight is 1010 g/mol. The molecule has 0 fully saturated rings. The molecule has 0 atom stereocenters. The van der Waals surface area contributed by atoms with Crippen molar-refractivity contribution in [3.8, 4) is 73.2 Å². The molecule has 0 unspecified atom stereocenters. The van der Waals surface area contributed by atoms with Crippen LogP contribution >= 0.6 is 0 Å². The van der Waals surface area contributed by atoms with Crippen LogP contribution in [-0.4, -0.2) is 23.7 Å². The van der Waals surface area contributed by atoms with Gasteiger partial charge in [0.2, 0.25) is 11.4 Å². The average Bonchev–Trinajstić information content (AvgIpc) is 4.39. The Kier molecular flexibility index (Phi) is 10.5. The molecule has 0 aliphatic heterocycles. The molecule has 0 aliphatic carbocycles. The van der Waals surface area contributed by atoms with E-state index in [1.807, 2.05) is 60.7 Å². The predicted octanol–water partition coefficient (Wildman–Crippen LogP) is 19.2. The van der Waals surface area contributed by atoms with Gasteiger partial charge >= 0.3 is 0 Å². The van der Waals surface area contributed by atoms with Crippen LogP contribution in [0.4, 0.5) is 11.4 Å². The molecule has 366 valence electrons. The van der Waals surface area contributed by atoms with E-state index in [0.717, 1.165) is 106 Å². The van der Waals surface area contributed by atoms with Crippen LogP contribution in [0.3, 0.4) is 0 Å². The summed E-state index contributed by atoms with van der Waals surface area (Å²) < 4.78 is 6.83. The van der Waals surface area contributed by atoms with Crippen molar-refractivity contribution in [2.45, 2.75) is 0 Å². The molecule has 0 N–H and O–H groups in total. The number of benzene rings is 11. The van der Waals surface area contributed by atoms with Crippen LogP contribution in [0.5, 0.6) is 0 Å². The van der Waals surface area contributed by atoms with Gasteiger partial charge in [-0.3, -0.25) is 0 Å². The molecular weight excluding hydrogens is 963 g/mol. The Labute approximate surface area is 455 Å². The summed E-state index contributed by atoms with van der Waals surface area (Å²) in [4.78, 5) is 18.4. The number of hydrogen-bond acceptors (Lipinski definition) is 2. The molecule has 15 rings (SSSR count). The van der Waals surface area contributed by atoms with Gasteiger partial charge in [-0.05, 0) is 101 Å². The minimum absolute atomic E-state index is 0.399. The maximum atomic E-state index is 8.73. The molecule has 0 bridgehead atoms. The number of fused-ring (bicyclic) bond motifs is 9. The Balaban J connectivity index is 0.836.